The number of aliphatic imine (C=N–C) groups is 1. The van der Waals surface area contributed by atoms with Crippen LogP contribution in [0.4, 0.5) is 0 Å². The molecule has 0 aromatic heterocycles. The largest absolute Gasteiger partial charge is 0.370 e. The van der Waals surface area contributed by atoms with Crippen molar-refractivity contribution in [3.63, 3.8) is 0 Å². The number of rotatable bonds is 33. The van der Waals surface area contributed by atoms with E-state index in [1.165, 1.54) is 135 Å². The molecule has 0 aliphatic rings. The molecule has 2 amide bonds. The Morgan fingerprint density at radius 2 is 0.955 bits per heavy atom. The average Bonchev–Trinajstić information content (AvgIpc) is 2.99. The van der Waals surface area contributed by atoms with Crippen molar-refractivity contribution >= 4 is 30.2 Å². The number of hydrogen-bond acceptors (Lipinski definition) is 3. The highest BCUT2D eigenvalue weighted by atomic mass is 35.5. The number of halogens is 1. The fraction of sp³-hybridized carbons (Fsp3) is 0.917. The molecule has 0 aromatic carbocycles. The van der Waals surface area contributed by atoms with Gasteiger partial charge in [0.1, 0.15) is 6.04 Å². The summed E-state index contributed by atoms with van der Waals surface area (Å²) in [6, 6.07) is -0.527. The molecule has 0 aliphatic carbocycles. The Morgan fingerprint density at radius 3 is 1.36 bits per heavy atom. The molecule has 6 N–H and O–H groups in total. The lowest BCUT2D eigenvalue weighted by Crippen LogP contribution is -2.47. The van der Waals surface area contributed by atoms with Crippen molar-refractivity contribution in [2.24, 2.45) is 16.5 Å². The van der Waals surface area contributed by atoms with Gasteiger partial charge in [-0.15, -0.1) is 12.4 Å². The fourth-order valence-electron chi connectivity index (χ4n) is 5.64. The average molecular weight is 644 g/mol. The van der Waals surface area contributed by atoms with E-state index in [0.29, 0.717) is 32.4 Å². The summed E-state index contributed by atoms with van der Waals surface area (Å²) >= 11 is 0. The van der Waals surface area contributed by atoms with E-state index in [1.807, 2.05) is 0 Å². The third-order valence-electron chi connectivity index (χ3n) is 8.43. The first-order valence-electron chi connectivity index (χ1n) is 18.6. The Labute approximate surface area is 279 Å². The number of nitrogens with two attached hydrogens (primary N) is 2. The van der Waals surface area contributed by atoms with Crippen molar-refractivity contribution in [3.8, 4) is 0 Å². The first-order valence-corrected chi connectivity index (χ1v) is 18.6. The van der Waals surface area contributed by atoms with Gasteiger partial charge >= 0.3 is 0 Å². The minimum atomic E-state index is -0.527. The van der Waals surface area contributed by atoms with Gasteiger partial charge in [0.25, 0.3) is 0 Å². The van der Waals surface area contributed by atoms with Gasteiger partial charge in [-0.05, 0) is 25.7 Å². The van der Waals surface area contributed by atoms with Gasteiger partial charge in [0.15, 0.2) is 5.96 Å². The maximum absolute atomic E-state index is 12.9. The summed E-state index contributed by atoms with van der Waals surface area (Å²) in [5, 5.41) is 6.03. The van der Waals surface area contributed by atoms with Gasteiger partial charge in [-0.25, -0.2) is 0 Å². The molecule has 0 aliphatic heterocycles. The molecule has 262 valence electrons. The van der Waals surface area contributed by atoms with Crippen molar-refractivity contribution in [3.05, 3.63) is 0 Å². The Balaban J connectivity index is 0. The number of unbranched alkanes of at least 4 members (excludes halogenated alkanes) is 23. The molecule has 0 bridgehead atoms. The first kappa shape index (κ1) is 44.6. The van der Waals surface area contributed by atoms with E-state index in [0.717, 1.165) is 25.7 Å². The minimum absolute atomic E-state index is 0. The maximum atomic E-state index is 12.9. The van der Waals surface area contributed by atoms with Crippen LogP contribution in [0.2, 0.25) is 0 Å². The normalized spacial score (nSPS) is 11.5. The smallest absolute Gasteiger partial charge is 0.242 e. The van der Waals surface area contributed by atoms with Crippen LogP contribution in [0, 0.1) is 0 Å². The molecule has 44 heavy (non-hydrogen) atoms. The summed E-state index contributed by atoms with van der Waals surface area (Å²) in [7, 11) is 0. The summed E-state index contributed by atoms with van der Waals surface area (Å²) in [6.07, 6.45) is 33.9. The topological polar surface area (TPSA) is 123 Å². The van der Waals surface area contributed by atoms with Crippen LogP contribution < -0.4 is 22.1 Å². The van der Waals surface area contributed by atoms with E-state index >= 15 is 0 Å². The lowest BCUT2D eigenvalue weighted by atomic mass is 10.0. The number of carbonyl (C=O) groups excluding carboxylic acids is 2. The number of guanidine groups is 1. The van der Waals surface area contributed by atoms with E-state index in [4.69, 9.17) is 11.5 Å². The predicted molar refractivity (Wildman–Crippen MR) is 193 cm³/mol. The van der Waals surface area contributed by atoms with Crippen molar-refractivity contribution in [1.29, 1.82) is 0 Å². The number of nitrogens with one attached hydrogen (secondary N) is 2. The lowest BCUT2D eigenvalue weighted by Gasteiger charge is -2.18. The molecule has 1 atom stereocenters. The molecule has 8 heteroatoms. The van der Waals surface area contributed by atoms with Crippen LogP contribution >= 0.6 is 12.4 Å². The van der Waals surface area contributed by atoms with Gasteiger partial charge in [0.05, 0.1) is 0 Å². The molecular formula is C36H74ClN5O2. The molecule has 0 saturated heterocycles. The van der Waals surface area contributed by atoms with Gasteiger partial charge in [-0.2, -0.15) is 0 Å². The summed E-state index contributed by atoms with van der Waals surface area (Å²) in [5.74, 6) is -0.0692. The molecular weight excluding hydrogens is 570 g/mol. The van der Waals surface area contributed by atoms with Gasteiger partial charge in [-0.1, -0.05) is 162 Å². The quantitative estimate of drug-likeness (QED) is 0.0323. The van der Waals surface area contributed by atoms with Gasteiger partial charge in [0, 0.05) is 19.5 Å². The van der Waals surface area contributed by atoms with Crippen LogP contribution in [0.3, 0.4) is 0 Å². The first-order chi connectivity index (χ1) is 21.0. The summed E-state index contributed by atoms with van der Waals surface area (Å²) in [6.45, 7) is 5.65. The molecule has 7 nitrogen and oxygen atoms in total. The second kappa shape index (κ2) is 36.0. The van der Waals surface area contributed by atoms with Crippen LogP contribution in [0.15, 0.2) is 4.99 Å². The van der Waals surface area contributed by atoms with Crippen molar-refractivity contribution < 1.29 is 9.59 Å². The van der Waals surface area contributed by atoms with E-state index in [9.17, 15) is 9.59 Å². The standard InChI is InChI=1S/C36H73N5O2.ClH/c1-3-5-7-9-11-13-15-16-17-18-19-20-22-24-26-30-34(42)41-33(29-28-32-40-36(37)38)35(43)39-31-27-25-23-21-14-12-10-8-6-4-2;/h33H,3-32H2,1-2H3,(H,39,43)(H,41,42)(H4,37,38,40);1H/t33-;/m0./s1. The van der Waals surface area contributed by atoms with Crippen molar-refractivity contribution in [2.75, 3.05) is 13.1 Å². The van der Waals surface area contributed by atoms with E-state index in [2.05, 4.69) is 29.5 Å². The van der Waals surface area contributed by atoms with Crippen LogP contribution in [0.5, 0.6) is 0 Å². The Bertz CT molecular complexity index is 658. The van der Waals surface area contributed by atoms with Crippen molar-refractivity contribution in [2.45, 2.75) is 200 Å². The molecule has 0 unspecified atom stereocenters. The number of amides is 2. The number of nitrogens with zero attached hydrogens (tertiary/aromatic N) is 1. The Kier molecular flexibility index (Phi) is 36.5. The second-order valence-electron chi connectivity index (χ2n) is 12.7. The summed E-state index contributed by atoms with van der Waals surface area (Å²) < 4.78 is 0. The molecule has 0 fully saturated rings. The molecule has 0 rings (SSSR count). The minimum Gasteiger partial charge on any atom is -0.370 e. The van der Waals surface area contributed by atoms with Crippen LogP contribution in [-0.4, -0.2) is 36.9 Å². The summed E-state index contributed by atoms with van der Waals surface area (Å²) in [5.41, 5.74) is 10.9. The lowest BCUT2D eigenvalue weighted by molar-refractivity contribution is -0.129. The zero-order valence-electron chi connectivity index (χ0n) is 29.1. The predicted octanol–water partition coefficient (Wildman–Crippen LogP) is 9.25. The SMILES string of the molecule is CCCCCCCCCCCCCCCCCC(=O)N[C@@H](CCCN=C(N)N)C(=O)NCCCCCCCCCCCC.Cl. The number of carbonyl (C=O) groups is 2. The highest BCUT2D eigenvalue weighted by molar-refractivity contribution is 5.87. The molecule has 0 radical (unpaired) electrons. The molecule has 0 heterocycles. The highest BCUT2D eigenvalue weighted by Gasteiger charge is 2.19. The van der Waals surface area contributed by atoms with Gasteiger partial charge in [-0.3, -0.25) is 14.6 Å². The second-order valence-corrected chi connectivity index (χ2v) is 12.7. The molecule has 0 saturated carbocycles. The van der Waals surface area contributed by atoms with Gasteiger partial charge < -0.3 is 22.1 Å². The monoisotopic (exact) mass is 644 g/mol. The zero-order valence-corrected chi connectivity index (χ0v) is 29.9. The third-order valence-corrected chi connectivity index (χ3v) is 8.43. The number of hydrogen-bond donors (Lipinski definition) is 4. The Morgan fingerprint density at radius 1 is 0.568 bits per heavy atom. The van der Waals surface area contributed by atoms with Crippen LogP contribution in [-0.2, 0) is 9.59 Å². The van der Waals surface area contributed by atoms with E-state index < -0.39 is 6.04 Å². The fourth-order valence-corrected chi connectivity index (χ4v) is 5.64. The molecule has 0 aromatic rings. The van der Waals surface area contributed by atoms with Crippen molar-refractivity contribution in [1.82, 2.24) is 10.6 Å². The van der Waals surface area contributed by atoms with E-state index in [-0.39, 0.29) is 30.2 Å². The third kappa shape index (κ3) is 33.4. The maximum Gasteiger partial charge on any atom is 0.242 e. The zero-order chi connectivity index (χ0) is 31.6. The highest BCUT2D eigenvalue weighted by Crippen LogP contribution is 2.14. The van der Waals surface area contributed by atoms with Gasteiger partial charge in [0.2, 0.25) is 11.8 Å². The molecule has 0 spiro atoms. The van der Waals surface area contributed by atoms with Crippen LogP contribution in [0.1, 0.15) is 194 Å². The Hall–Kier alpha value is -1.50. The van der Waals surface area contributed by atoms with Crippen LogP contribution in [0.25, 0.3) is 0 Å². The van der Waals surface area contributed by atoms with E-state index in [1.54, 1.807) is 0 Å². The summed E-state index contributed by atoms with van der Waals surface area (Å²) in [4.78, 5) is 29.5.